The van der Waals surface area contributed by atoms with Crippen molar-refractivity contribution in [1.82, 2.24) is 5.32 Å². The lowest BCUT2D eigenvalue weighted by molar-refractivity contribution is -0.928. The molecule has 1 aliphatic rings. The minimum Gasteiger partial charge on any atom is -0.352 e. The lowest BCUT2D eigenvalue weighted by Crippen LogP contribution is -3.16. The van der Waals surface area contributed by atoms with Gasteiger partial charge in [-0.15, -0.1) is 0 Å². The maximum Gasteiger partial charge on any atom is 0.251 e. The highest BCUT2D eigenvalue weighted by molar-refractivity contribution is 7.90. The Morgan fingerprint density at radius 1 is 1.26 bits per heavy atom. The summed E-state index contributed by atoms with van der Waals surface area (Å²) in [4.78, 5) is 13.9. The highest BCUT2D eigenvalue weighted by Gasteiger charge is 2.20. The molecule has 0 spiro atoms. The molecule has 2 atom stereocenters. The summed E-state index contributed by atoms with van der Waals surface area (Å²) < 4.78 is 22.8. The van der Waals surface area contributed by atoms with Crippen molar-refractivity contribution >= 4 is 15.7 Å². The zero-order valence-electron chi connectivity index (χ0n) is 14.0. The van der Waals surface area contributed by atoms with E-state index in [4.69, 9.17) is 0 Å². The van der Waals surface area contributed by atoms with Gasteiger partial charge in [0, 0.05) is 24.8 Å². The number of likely N-dealkylation sites (tertiary alicyclic amines) is 1. The van der Waals surface area contributed by atoms with E-state index in [1.54, 1.807) is 17.0 Å². The minimum atomic E-state index is -3.22. The molecule has 0 aliphatic carbocycles. The Kier molecular flexibility index (Phi) is 6.18. The van der Waals surface area contributed by atoms with Crippen LogP contribution in [0.15, 0.2) is 29.2 Å². The van der Waals surface area contributed by atoms with E-state index in [0.717, 1.165) is 25.3 Å². The van der Waals surface area contributed by atoms with E-state index >= 15 is 0 Å². The van der Waals surface area contributed by atoms with Crippen LogP contribution in [0.4, 0.5) is 0 Å². The Morgan fingerprint density at radius 2 is 1.96 bits per heavy atom. The quantitative estimate of drug-likeness (QED) is 0.749. The van der Waals surface area contributed by atoms with E-state index in [9.17, 15) is 13.2 Å². The van der Waals surface area contributed by atoms with Gasteiger partial charge in [0.2, 0.25) is 0 Å². The first-order chi connectivity index (χ1) is 10.9. The van der Waals surface area contributed by atoms with Gasteiger partial charge in [0.25, 0.3) is 5.91 Å². The Bertz CT molecular complexity index is 626. The number of hydrogen-bond donors (Lipinski definition) is 2. The van der Waals surface area contributed by atoms with Crippen molar-refractivity contribution < 1.29 is 18.1 Å². The molecule has 1 aromatic carbocycles. The zero-order valence-corrected chi connectivity index (χ0v) is 14.8. The second-order valence-corrected chi connectivity index (χ2v) is 8.48. The molecule has 128 valence electrons. The van der Waals surface area contributed by atoms with Crippen LogP contribution < -0.4 is 10.2 Å². The van der Waals surface area contributed by atoms with Crippen LogP contribution in [0.3, 0.4) is 0 Å². The monoisotopic (exact) mass is 339 g/mol. The molecule has 0 aromatic heterocycles. The summed E-state index contributed by atoms with van der Waals surface area (Å²) in [5.41, 5.74) is 0.496. The molecular weight excluding hydrogens is 312 g/mol. The van der Waals surface area contributed by atoms with Crippen molar-refractivity contribution in [2.45, 2.75) is 43.5 Å². The van der Waals surface area contributed by atoms with Gasteiger partial charge in [-0.05, 0) is 50.5 Å². The summed E-state index contributed by atoms with van der Waals surface area (Å²) in [6.07, 6.45) is 6.07. The van der Waals surface area contributed by atoms with E-state index in [2.05, 4.69) is 12.2 Å². The van der Waals surface area contributed by atoms with Crippen LogP contribution in [0, 0.1) is 0 Å². The highest BCUT2D eigenvalue weighted by atomic mass is 32.2. The first kappa shape index (κ1) is 17.9. The van der Waals surface area contributed by atoms with Crippen molar-refractivity contribution in [2.75, 3.05) is 25.9 Å². The number of hydrogen-bond acceptors (Lipinski definition) is 3. The molecule has 1 aliphatic heterocycles. The maximum absolute atomic E-state index is 12.1. The summed E-state index contributed by atoms with van der Waals surface area (Å²) in [5.74, 6) is -0.147. The molecule has 1 amide bonds. The molecule has 0 radical (unpaired) electrons. The number of carbonyl (C=O) groups excluding carboxylic acids is 1. The van der Waals surface area contributed by atoms with Crippen molar-refractivity contribution in [3.63, 3.8) is 0 Å². The van der Waals surface area contributed by atoms with Crippen LogP contribution in [-0.2, 0) is 9.84 Å². The molecule has 1 saturated heterocycles. The zero-order chi connectivity index (χ0) is 16.9. The van der Waals surface area contributed by atoms with Crippen molar-refractivity contribution in [3.05, 3.63) is 29.8 Å². The normalized spacial score (nSPS) is 21.8. The molecular formula is C17H27N2O3S+. The number of sulfone groups is 1. The minimum absolute atomic E-state index is 0.147. The molecule has 1 fully saturated rings. The van der Waals surface area contributed by atoms with Crippen molar-refractivity contribution in [3.8, 4) is 0 Å². The molecule has 2 N–H and O–H groups in total. The molecule has 23 heavy (non-hydrogen) atoms. The van der Waals surface area contributed by atoms with Crippen LogP contribution >= 0.6 is 0 Å². The molecule has 2 rings (SSSR count). The summed E-state index contributed by atoms with van der Waals surface area (Å²) in [7, 11) is -3.22. The third kappa shape index (κ3) is 5.32. The molecule has 1 heterocycles. The van der Waals surface area contributed by atoms with E-state index in [1.165, 1.54) is 37.9 Å². The van der Waals surface area contributed by atoms with E-state index < -0.39 is 9.84 Å². The first-order valence-electron chi connectivity index (χ1n) is 8.31. The van der Waals surface area contributed by atoms with Crippen molar-refractivity contribution in [1.29, 1.82) is 0 Å². The molecule has 6 heteroatoms. The third-order valence-electron chi connectivity index (χ3n) is 4.59. The fraction of sp³-hybridized carbons (Fsp3) is 0.588. The summed E-state index contributed by atoms with van der Waals surface area (Å²) in [5, 5.41) is 2.91. The van der Waals surface area contributed by atoms with Gasteiger partial charge >= 0.3 is 0 Å². The summed E-state index contributed by atoms with van der Waals surface area (Å²) in [6.45, 7) is 5.29. The molecule has 0 bridgehead atoms. The Hall–Kier alpha value is -1.40. The molecule has 0 saturated carbocycles. The largest absolute Gasteiger partial charge is 0.352 e. The van der Waals surface area contributed by atoms with Crippen LogP contribution in [0.25, 0.3) is 0 Å². The predicted octanol–water partition coefficient (Wildman–Crippen LogP) is 0.667. The smallest absolute Gasteiger partial charge is 0.251 e. The number of benzene rings is 1. The second-order valence-electron chi connectivity index (χ2n) is 6.46. The number of piperidine rings is 1. The van der Waals surface area contributed by atoms with Gasteiger partial charge in [-0.2, -0.15) is 0 Å². The fourth-order valence-corrected chi connectivity index (χ4v) is 3.73. The number of rotatable bonds is 6. The molecule has 1 aromatic rings. The van der Waals surface area contributed by atoms with Crippen molar-refractivity contribution in [2.24, 2.45) is 0 Å². The number of quaternary nitrogens is 1. The standard InChI is InChI=1S/C17H26N2O3S/c1-14-6-3-4-12-19(14)13-5-11-18-17(20)15-7-9-16(10-8-15)23(2,21)22/h7-10,14H,3-6,11-13H2,1-2H3,(H,18,20)/p+1/t14-/m0/s1. The van der Waals surface area contributed by atoms with Crippen LogP contribution in [-0.4, -0.2) is 46.3 Å². The first-order valence-corrected chi connectivity index (χ1v) is 10.2. The van der Waals surface area contributed by atoms with Gasteiger partial charge in [0.15, 0.2) is 9.84 Å². The highest BCUT2D eigenvalue weighted by Crippen LogP contribution is 2.10. The molecule has 1 unspecified atom stereocenters. The van der Waals surface area contributed by atoms with Gasteiger partial charge in [-0.1, -0.05) is 0 Å². The van der Waals surface area contributed by atoms with Gasteiger partial charge < -0.3 is 10.2 Å². The van der Waals surface area contributed by atoms with Gasteiger partial charge in [0.1, 0.15) is 0 Å². The maximum atomic E-state index is 12.1. The van der Waals surface area contributed by atoms with Gasteiger partial charge in [-0.3, -0.25) is 4.79 Å². The predicted molar refractivity (Wildman–Crippen MR) is 90.5 cm³/mol. The second kappa shape index (κ2) is 7.93. The number of carbonyl (C=O) groups is 1. The Balaban J connectivity index is 1.76. The van der Waals surface area contributed by atoms with E-state index in [0.29, 0.717) is 12.1 Å². The SMILES string of the molecule is C[C@H]1CCCC[NH+]1CCCNC(=O)c1ccc(S(C)(=O)=O)cc1. The van der Waals surface area contributed by atoms with Crippen LogP contribution in [0.2, 0.25) is 0 Å². The summed E-state index contributed by atoms with van der Waals surface area (Å²) in [6, 6.07) is 6.80. The van der Waals surface area contributed by atoms with Crippen LogP contribution in [0.5, 0.6) is 0 Å². The topological polar surface area (TPSA) is 67.7 Å². The Morgan fingerprint density at radius 3 is 2.57 bits per heavy atom. The lowest BCUT2D eigenvalue weighted by Gasteiger charge is -2.30. The number of amides is 1. The average Bonchev–Trinajstić information content (AvgIpc) is 2.52. The lowest BCUT2D eigenvalue weighted by atomic mass is 10.0. The summed E-state index contributed by atoms with van der Waals surface area (Å²) >= 11 is 0. The van der Waals surface area contributed by atoms with Crippen LogP contribution in [0.1, 0.15) is 43.0 Å². The van der Waals surface area contributed by atoms with Gasteiger partial charge in [-0.25, -0.2) is 8.42 Å². The molecule has 5 nitrogen and oxygen atoms in total. The third-order valence-corrected chi connectivity index (χ3v) is 5.72. The van der Waals surface area contributed by atoms with E-state index in [1.807, 2.05) is 0 Å². The average molecular weight is 339 g/mol. The van der Waals surface area contributed by atoms with E-state index in [-0.39, 0.29) is 10.8 Å². The fourth-order valence-electron chi connectivity index (χ4n) is 3.10. The number of nitrogens with one attached hydrogen (secondary N) is 2. The van der Waals surface area contributed by atoms with Gasteiger partial charge in [0.05, 0.1) is 24.0 Å². The Labute approximate surface area is 139 Å².